The summed E-state index contributed by atoms with van der Waals surface area (Å²) < 4.78 is 13.3. The summed E-state index contributed by atoms with van der Waals surface area (Å²) >= 11 is 0. The number of benzene rings is 1. The fraction of sp³-hybridized carbons (Fsp3) is 0.467. The van der Waals surface area contributed by atoms with Crippen molar-refractivity contribution >= 4 is 11.8 Å². The minimum absolute atomic E-state index is 0.152. The lowest BCUT2D eigenvalue weighted by atomic mass is 10.0. The number of nitrogens with one attached hydrogen (secondary N) is 2. The normalized spacial score (nSPS) is 13.4. The van der Waals surface area contributed by atoms with E-state index >= 15 is 0 Å². The lowest BCUT2D eigenvalue weighted by Gasteiger charge is -2.15. The number of hydrogen-bond donors (Lipinski definition) is 3. The summed E-state index contributed by atoms with van der Waals surface area (Å²) in [5.74, 6) is -1.22. The number of hydrogen-bond acceptors (Lipinski definition) is 3. The Morgan fingerprint density at radius 2 is 1.86 bits per heavy atom. The van der Waals surface area contributed by atoms with Crippen molar-refractivity contribution in [3.8, 4) is 0 Å². The molecular formula is C15H22FN3O2. The predicted octanol–water partition coefficient (Wildman–Crippen LogP) is 0.963. The van der Waals surface area contributed by atoms with Crippen molar-refractivity contribution in [2.45, 2.75) is 26.8 Å². The summed E-state index contributed by atoms with van der Waals surface area (Å²) in [4.78, 5) is 23.4. The van der Waals surface area contributed by atoms with Gasteiger partial charge in [0.05, 0.1) is 0 Å². The van der Waals surface area contributed by atoms with Crippen molar-refractivity contribution < 1.29 is 14.0 Å². The van der Waals surface area contributed by atoms with Crippen LogP contribution in [0, 0.1) is 18.7 Å². The molecule has 6 heteroatoms. The Bertz CT molecular complexity index is 518. The van der Waals surface area contributed by atoms with E-state index < -0.39 is 5.82 Å². The van der Waals surface area contributed by atoms with Gasteiger partial charge in [-0.25, -0.2) is 4.39 Å². The van der Waals surface area contributed by atoms with E-state index in [-0.39, 0.29) is 35.9 Å². The van der Waals surface area contributed by atoms with Crippen LogP contribution in [0.2, 0.25) is 0 Å². The minimum atomic E-state index is -0.415. The lowest BCUT2D eigenvalue weighted by molar-refractivity contribution is -0.124. The largest absolute Gasteiger partial charge is 0.354 e. The lowest BCUT2D eigenvalue weighted by Crippen LogP contribution is -2.41. The van der Waals surface area contributed by atoms with E-state index in [1.54, 1.807) is 32.9 Å². The first-order chi connectivity index (χ1) is 9.82. The number of nitrogens with two attached hydrogens (primary N) is 1. The highest BCUT2D eigenvalue weighted by Crippen LogP contribution is 2.08. The van der Waals surface area contributed by atoms with Crippen molar-refractivity contribution in [3.05, 3.63) is 35.1 Å². The van der Waals surface area contributed by atoms with Gasteiger partial charge >= 0.3 is 0 Å². The number of carbonyl (C=O) groups is 2. The van der Waals surface area contributed by atoms with E-state index in [2.05, 4.69) is 10.6 Å². The zero-order chi connectivity index (χ0) is 16.0. The third-order valence-corrected chi connectivity index (χ3v) is 3.35. The van der Waals surface area contributed by atoms with E-state index in [4.69, 9.17) is 5.73 Å². The first kappa shape index (κ1) is 17.1. The number of amides is 2. The Balaban J connectivity index is 2.37. The first-order valence-electron chi connectivity index (χ1n) is 6.90. The van der Waals surface area contributed by atoms with Crippen LogP contribution >= 0.6 is 0 Å². The maximum atomic E-state index is 13.3. The monoisotopic (exact) mass is 295 g/mol. The van der Waals surface area contributed by atoms with Gasteiger partial charge in [0, 0.05) is 30.6 Å². The van der Waals surface area contributed by atoms with Gasteiger partial charge < -0.3 is 16.4 Å². The van der Waals surface area contributed by atoms with E-state index in [1.807, 2.05) is 0 Å². The van der Waals surface area contributed by atoms with Gasteiger partial charge in [-0.15, -0.1) is 0 Å². The number of carbonyl (C=O) groups excluding carboxylic acids is 2. The van der Waals surface area contributed by atoms with Crippen molar-refractivity contribution in [2.24, 2.45) is 11.7 Å². The van der Waals surface area contributed by atoms with E-state index in [0.717, 1.165) is 0 Å². The smallest absolute Gasteiger partial charge is 0.251 e. The van der Waals surface area contributed by atoms with Crippen LogP contribution in [-0.4, -0.2) is 30.9 Å². The van der Waals surface area contributed by atoms with Gasteiger partial charge in [0.25, 0.3) is 5.91 Å². The Labute approximate surface area is 124 Å². The predicted molar refractivity (Wildman–Crippen MR) is 79.3 cm³/mol. The van der Waals surface area contributed by atoms with Gasteiger partial charge in [-0.1, -0.05) is 13.0 Å². The van der Waals surface area contributed by atoms with Crippen molar-refractivity contribution in [1.29, 1.82) is 0 Å². The van der Waals surface area contributed by atoms with E-state index in [9.17, 15) is 14.0 Å². The Hall–Kier alpha value is -1.95. The summed E-state index contributed by atoms with van der Waals surface area (Å²) in [7, 11) is 0. The molecule has 0 bridgehead atoms. The van der Waals surface area contributed by atoms with E-state index in [1.165, 1.54) is 6.07 Å². The quantitative estimate of drug-likeness (QED) is 0.684. The maximum Gasteiger partial charge on any atom is 0.251 e. The molecule has 0 aromatic heterocycles. The summed E-state index contributed by atoms with van der Waals surface area (Å²) in [5, 5.41) is 5.30. The first-order valence-corrected chi connectivity index (χ1v) is 6.90. The molecule has 0 heterocycles. The molecule has 1 aromatic rings. The average Bonchev–Trinajstić information content (AvgIpc) is 2.44. The van der Waals surface area contributed by atoms with Crippen LogP contribution < -0.4 is 16.4 Å². The molecule has 5 nitrogen and oxygen atoms in total. The molecule has 0 aliphatic rings. The Morgan fingerprint density at radius 3 is 2.43 bits per heavy atom. The second-order valence-corrected chi connectivity index (χ2v) is 5.16. The van der Waals surface area contributed by atoms with Crippen LogP contribution in [0.5, 0.6) is 0 Å². The summed E-state index contributed by atoms with van der Waals surface area (Å²) in [6, 6.07) is 4.08. The van der Waals surface area contributed by atoms with Gasteiger partial charge in [-0.2, -0.15) is 0 Å². The Kier molecular flexibility index (Phi) is 6.30. The molecule has 2 atom stereocenters. The zero-order valence-electron chi connectivity index (χ0n) is 12.6. The van der Waals surface area contributed by atoms with Gasteiger partial charge in [-0.3, -0.25) is 9.59 Å². The molecule has 4 N–H and O–H groups in total. The van der Waals surface area contributed by atoms with Gasteiger partial charge in [-0.05, 0) is 31.5 Å². The second-order valence-electron chi connectivity index (χ2n) is 5.16. The van der Waals surface area contributed by atoms with Crippen LogP contribution in [0.3, 0.4) is 0 Å². The van der Waals surface area contributed by atoms with Crippen molar-refractivity contribution in [3.63, 3.8) is 0 Å². The third kappa shape index (κ3) is 5.15. The molecule has 1 rings (SSSR count). The highest BCUT2D eigenvalue weighted by Gasteiger charge is 2.16. The van der Waals surface area contributed by atoms with Crippen molar-refractivity contribution in [1.82, 2.24) is 10.6 Å². The molecule has 0 radical (unpaired) electrons. The molecule has 0 aliphatic heterocycles. The molecule has 0 fully saturated rings. The van der Waals surface area contributed by atoms with Crippen LogP contribution in [0.15, 0.2) is 18.2 Å². The minimum Gasteiger partial charge on any atom is -0.354 e. The topological polar surface area (TPSA) is 84.2 Å². The molecule has 2 amide bonds. The summed E-state index contributed by atoms with van der Waals surface area (Å²) in [6.07, 6.45) is 0. The van der Waals surface area contributed by atoms with Gasteiger partial charge in [0.1, 0.15) is 5.82 Å². The standard InChI is InChI=1S/C15H22FN3O2/c1-9-4-5-12(8-13(9)16)15(21)19-7-6-18-14(20)10(2)11(3)17/h4-5,8,10-11H,6-7,17H2,1-3H3,(H,18,20)(H,19,21). The van der Waals surface area contributed by atoms with Crippen molar-refractivity contribution in [2.75, 3.05) is 13.1 Å². The zero-order valence-corrected chi connectivity index (χ0v) is 12.6. The summed E-state index contributed by atoms with van der Waals surface area (Å²) in [6.45, 7) is 5.71. The Morgan fingerprint density at radius 1 is 1.24 bits per heavy atom. The van der Waals surface area contributed by atoms with E-state index in [0.29, 0.717) is 12.1 Å². The van der Waals surface area contributed by atoms with Crippen LogP contribution in [-0.2, 0) is 4.79 Å². The SMILES string of the molecule is Cc1ccc(C(=O)NCCNC(=O)C(C)C(C)N)cc1F. The highest BCUT2D eigenvalue weighted by molar-refractivity contribution is 5.94. The molecule has 0 spiro atoms. The van der Waals surface area contributed by atoms with Crippen LogP contribution in [0.1, 0.15) is 29.8 Å². The van der Waals surface area contributed by atoms with Gasteiger partial charge in [0.15, 0.2) is 0 Å². The second kappa shape index (κ2) is 7.73. The molecule has 1 aromatic carbocycles. The fourth-order valence-corrected chi connectivity index (χ4v) is 1.60. The van der Waals surface area contributed by atoms with Crippen LogP contribution in [0.25, 0.3) is 0 Å². The molecule has 116 valence electrons. The average molecular weight is 295 g/mol. The molecule has 0 saturated carbocycles. The summed E-state index contributed by atoms with van der Waals surface area (Å²) in [5.41, 5.74) is 6.37. The number of halogens is 1. The van der Waals surface area contributed by atoms with Crippen LogP contribution in [0.4, 0.5) is 4.39 Å². The fourth-order valence-electron chi connectivity index (χ4n) is 1.60. The molecule has 2 unspecified atom stereocenters. The third-order valence-electron chi connectivity index (χ3n) is 3.35. The number of aryl methyl sites for hydroxylation is 1. The highest BCUT2D eigenvalue weighted by atomic mass is 19.1. The molecule has 21 heavy (non-hydrogen) atoms. The number of rotatable bonds is 6. The molecular weight excluding hydrogens is 273 g/mol. The molecule has 0 saturated heterocycles. The maximum absolute atomic E-state index is 13.3. The van der Waals surface area contributed by atoms with Gasteiger partial charge in [0.2, 0.25) is 5.91 Å². The molecule has 0 aliphatic carbocycles.